The number of carbonyl (C=O) groups excluding carboxylic acids is 1. The Labute approximate surface area is 207 Å². The van der Waals surface area contributed by atoms with E-state index in [4.69, 9.17) is 4.74 Å². The summed E-state index contributed by atoms with van der Waals surface area (Å²) < 4.78 is 6.87. The zero-order chi connectivity index (χ0) is 23.2. The highest BCUT2D eigenvalue weighted by molar-refractivity contribution is 14.1. The first-order valence-electron chi connectivity index (χ1n) is 10.6. The van der Waals surface area contributed by atoms with Crippen LogP contribution in [0.25, 0.3) is 21.9 Å². The molecule has 1 heterocycles. The predicted octanol–water partition coefficient (Wildman–Crippen LogP) is 6.09. The molecule has 2 amide bonds. The highest BCUT2D eigenvalue weighted by Crippen LogP contribution is 2.33. The van der Waals surface area contributed by atoms with Crippen LogP contribution in [0.3, 0.4) is 0 Å². The number of nitrogens with one attached hydrogen (secondary N) is 2. The van der Waals surface area contributed by atoms with E-state index in [1.165, 1.54) is 0 Å². The first-order chi connectivity index (χ1) is 16.0. The highest BCUT2D eigenvalue weighted by Gasteiger charge is 2.11. The van der Waals surface area contributed by atoms with E-state index in [1.54, 1.807) is 12.4 Å². The van der Waals surface area contributed by atoms with Crippen LogP contribution in [-0.2, 0) is 0 Å². The molecule has 7 heteroatoms. The number of rotatable bonds is 7. The largest absolute Gasteiger partial charge is 0.491 e. The molecular formula is C26H25IN4O2. The normalized spacial score (nSPS) is 10.9. The van der Waals surface area contributed by atoms with E-state index in [0.717, 1.165) is 43.5 Å². The summed E-state index contributed by atoms with van der Waals surface area (Å²) in [5.74, 6) is 0.752. The number of ether oxygens (including phenoxy) is 1. The van der Waals surface area contributed by atoms with Gasteiger partial charge in [-0.2, -0.15) is 0 Å². The molecule has 33 heavy (non-hydrogen) atoms. The van der Waals surface area contributed by atoms with Gasteiger partial charge >= 0.3 is 6.03 Å². The number of fused-ring (bicyclic) bond motifs is 1. The zero-order valence-corrected chi connectivity index (χ0v) is 20.7. The Morgan fingerprint density at radius 3 is 2.48 bits per heavy atom. The summed E-state index contributed by atoms with van der Waals surface area (Å²) in [5.41, 5.74) is 3.59. The van der Waals surface area contributed by atoms with Crippen LogP contribution in [0.1, 0.15) is 0 Å². The molecule has 4 rings (SSSR count). The first kappa shape index (κ1) is 23.0. The summed E-state index contributed by atoms with van der Waals surface area (Å²) in [6.07, 6.45) is 3.56. The van der Waals surface area contributed by atoms with Gasteiger partial charge in [-0.1, -0.05) is 30.3 Å². The molecule has 0 radical (unpaired) electrons. The second kappa shape index (κ2) is 10.6. The van der Waals surface area contributed by atoms with Crippen LogP contribution in [0.15, 0.2) is 79.1 Å². The fourth-order valence-electron chi connectivity index (χ4n) is 3.51. The standard InChI is InChI=1S/C26H25IN4O2/c1-31(2)15-16-33-25-17-19(7-9-23(25)27)29-26(32)30-24-10-8-20(18-11-13-28-14-12-18)21-5-3-4-6-22(21)24/h3-14,17H,15-16H2,1-2H3,(H2,29,30,32). The number of carbonyl (C=O) groups is 1. The van der Waals surface area contributed by atoms with Crippen molar-refractivity contribution in [2.75, 3.05) is 37.9 Å². The minimum Gasteiger partial charge on any atom is -0.491 e. The Bertz CT molecular complexity index is 1260. The van der Waals surface area contributed by atoms with Crippen molar-refractivity contribution in [2.24, 2.45) is 0 Å². The molecule has 0 saturated heterocycles. The Morgan fingerprint density at radius 1 is 0.970 bits per heavy atom. The number of anilines is 2. The molecule has 0 atom stereocenters. The Hall–Kier alpha value is -3.17. The summed E-state index contributed by atoms with van der Waals surface area (Å²) in [4.78, 5) is 19.0. The van der Waals surface area contributed by atoms with E-state index in [-0.39, 0.29) is 6.03 Å². The van der Waals surface area contributed by atoms with Crippen LogP contribution >= 0.6 is 22.6 Å². The number of benzene rings is 3. The topological polar surface area (TPSA) is 66.5 Å². The number of likely N-dealkylation sites (N-methyl/N-ethyl adjacent to an activating group) is 1. The zero-order valence-electron chi connectivity index (χ0n) is 18.5. The molecule has 1 aromatic heterocycles. The van der Waals surface area contributed by atoms with Crippen molar-refractivity contribution in [3.8, 4) is 16.9 Å². The third-order valence-electron chi connectivity index (χ3n) is 5.15. The van der Waals surface area contributed by atoms with Crippen LogP contribution in [0, 0.1) is 3.57 Å². The minimum absolute atomic E-state index is 0.308. The van der Waals surface area contributed by atoms with Crippen molar-refractivity contribution in [2.45, 2.75) is 0 Å². The average Bonchev–Trinajstić information content (AvgIpc) is 2.81. The lowest BCUT2D eigenvalue weighted by Crippen LogP contribution is -2.20. The first-order valence-corrected chi connectivity index (χ1v) is 11.7. The molecule has 0 unspecified atom stereocenters. The SMILES string of the molecule is CN(C)CCOc1cc(NC(=O)Nc2ccc(-c3ccncc3)c3ccccc23)ccc1I. The molecule has 0 aliphatic carbocycles. The molecule has 0 saturated carbocycles. The molecule has 168 valence electrons. The number of hydrogen-bond acceptors (Lipinski definition) is 4. The smallest absolute Gasteiger partial charge is 0.323 e. The number of pyridine rings is 1. The van der Waals surface area contributed by atoms with E-state index >= 15 is 0 Å². The van der Waals surface area contributed by atoms with Crippen LogP contribution < -0.4 is 15.4 Å². The van der Waals surface area contributed by atoms with Gasteiger partial charge in [0.2, 0.25) is 0 Å². The fourth-order valence-corrected chi connectivity index (χ4v) is 4.00. The average molecular weight is 552 g/mol. The number of amides is 2. The number of hydrogen-bond donors (Lipinski definition) is 2. The third kappa shape index (κ3) is 5.80. The molecule has 6 nitrogen and oxygen atoms in total. The van der Waals surface area contributed by atoms with Gasteiger partial charge in [0, 0.05) is 36.1 Å². The monoisotopic (exact) mass is 552 g/mol. The second-order valence-corrected chi connectivity index (χ2v) is 8.98. The molecule has 0 aliphatic heterocycles. The van der Waals surface area contributed by atoms with Gasteiger partial charge in [-0.15, -0.1) is 0 Å². The van der Waals surface area contributed by atoms with E-state index in [9.17, 15) is 4.79 Å². The van der Waals surface area contributed by atoms with Crippen molar-refractivity contribution in [1.82, 2.24) is 9.88 Å². The highest BCUT2D eigenvalue weighted by atomic mass is 127. The Morgan fingerprint density at radius 2 is 1.73 bits per heavy atom. The molecule has 0 fully saturated rings. The molecule has 0 aliphatic rings. The van der Waals surface area contributed by atoms with Crippen LogP contribution in [-0.4, -0.2) is 43.2 Å². The lowest BCUT2D eigenvalue weighted by Gasteiger charge is -2.15. The summed E-state index contributed by atoms with van der Waals surface area (Å²) in [5, 5.41) is 7.94. The number of aromatic nitrogens is 1. The summed E-state index contributed by atoms with van der Waals surface area (Å²) in [6, 6.07) is 21.3. The van der Waals surface area contributed by atoms with E-state index in [0.29, 0.717) is 12.3 Å². The van der Waals surface area contributed by atoms with Gasteiger partial charge in [0.05, 0.1) is 9.26 Å². The lowest BCUT2D eigenvalue weighted by atomic mass is 9.98. The number of halogens is 1. The van der Waals surface area contributed by atoms with Gasteiger partial charge < -0.3 is 20.3 Å². The molecular weight excluding hydrogens is 527 g/mol. The quantitative estimate of drug-likeness (QED) is 0.273. The molecule has 3 aromatic carbocycles. The van der Waals surface area contributed by atoms with Crippen molar-refractivity contribution in [3.63, 3.8) is 0 Å². The van der Waals surface area contributed by atoms with E-state index in [1.807, 2.05) is 74.8 Å². The predicted molar refractivity (Wildman–Crippen MR) is 143 cm³/mol. The van der Waals surface area contributed by atoms with Gasteiger partial charge in [0.15, 0.2) is 0 Å². The molecule has 0 bridgehead atoms. The van der Waals surface area contributed by atoms with Crippen molar-refractivity contribution in [1.29, 1.82) is 0 Å². The number of nitrogens with zero attached hydrogens (tertiary/aromatic N) is 2. The second-order valence-electron chi connectivity index (χ2n) is 7.82. The van der Waals surface area contributed by atoms with Crippen molar-refractivity contribution in [3.05, 3.63) is 82.7 Å². The van der Waals surface area contributed by atoms with Gasteiger partial charge in [0.25, 0.3) is 0 Å². The van der Waals surface area contributed by atoms with Gasteiger partial charge in [0.1, 0.15) is 12.4 Å². The van der Waals surface area contributed by atoms with Crippen LogP contribution in [0.4, 0.5) is 16.2 Å². The van der Waals surface area contributed by atoms with Gasteiger partial charge in [-0.25, -0.2) is 4.79 Å². The number of urea groups is 1. The van der Waals surface area contributed by atoms with Gasteiger partial charge in [-0.05, 0) is 83.5 Å². The van der Waals surface area contributed by atoms with Crippen LogP contribution in [0.2, 0.25) is 0 Å². The lowest BCUT2D eigenvalue weighted by molar-refractivity contribution is 0.260. The summed E-state index contributed by atoms with van der Waals surface area (Å²) in [6.45, 7) is 1.39. The summed E-state index contributed by atoms with van der Waals surface area (Å²) in [7, 11) is 4.01. The maximum atomic E-state index is 12.8. The Balaban J connectivity index is 1.52. The maximum absolute atomic E-state index is 12.8. The Kier molecular flexibility index (Phi) is 7.41. The molecule has 4 aromatic rings. The van der Waals surface area contributed by atoms with Crippen LogP contribution in [0.5, 0.6) is 5.75 Å². The third-order valence-corrected chi connectivity index (χ3v) is 6.04. The van der Waals surface area contributed by atoms with E-state index < -0.39 is 0 Å². The van der Waals surface area contributed by atoms with Gasteiger partial charge in [-0.3, -0.25) is 4.98 Å². The fraction of sp³-hybridized carbons (Fsp3) is 0.154. The van der Waals surface area contributed by atoms with Crippen molar-refractivity contribution >= 4 is 50.8 Å². The van der Waals surface area contributed by atoms with Crippen molar-refractivity contribution < 1.29 is 9.53 Å². The summed E-state index contributed by atoms with van der Waals surface area (Å²) >= 11 is 2.23. The van der Waals surface area contributed by atoms with E-state index in [2.05, 4.69) is 49.2 Å². The molecule has 2 N–H and O–H groups in total. The maximum Gasteiger partial charge on any atom is 0.323 e. The molecule has 0 spiro atoms. The minimum atomic E-state index is -0.308.